The van der Waals surface area contributed by atoms with E-state index in [0.717, 1.165) is 34.0 Å². The van der Waals surface area contributed by atoms with Crippen molar-refractivity contribution in [2.24, 2.45) is 0 Å². The van der Waals surface area contributed by atoms with Crippen molar-refractivity contribution in [3.8, 4) is 17.2 Å². The molecule has 0 radical (unpaired) electrons. The average Bonchev–Trinajstić information content (AvgIpc) is 3.32. The smallest absolute Gasteiger partial charge is 0.141 e. The van der Waals surface area contributed by atoms with E-state index in [0.29, 0.717) is 6.04 Å². The van der Waals surface area contributed by atoms with Crippen LogP contribution in [0.4, 0.5) is 0 Å². The van der Waals surface area contributed by atoms with Crippen LogP contribution in [-0.4, -0.2) is 18.1 Å². The molecule has 4 nitrogen and oxygen atoms in total. The van der Waals surface area contributed by atoms with Gasteiger partial charge in [0.1, 0.15) is 17.2 Å². The van der Waals surface area contributed by atoms with Crippen molar-refractivity contribution in [1.29, 1.82) is 0 Å². The van der Waals surface area contributed by atoms with Crippen LogP contribution in [-0.2, 0) is 6.54 Å². The number of methoxy groups -OCH3 is 1. The van der Waals surface area contributed by atoms with Crippen LogP contribution in [0.3, 0.4) is 0 Å². The molecule has 2 aromatic rings. The summed E-state index contributed by atoms with van der Waals surface area (Å²) < 4.78 is 11.9. The van der Waals surface area contributed by atoms with Gasteiger partial charge in [-0.15, -0.1) is 0 Å². The lowest BCUT2D eigenvalue weighted by Crippen LogP contribution is -2.16. The SMILES string of the molecule is COc1ccc(Oc2ccnc(CNC3CC3)c2)c(Br)c1. The molecule has 0 aliphatic heterocycles. The van der Waals surface area contributed by atoms with Crippen LogP contribution in [0, 0.1) is 0 Å². The third-order valence-corrected chi connectivity index (χ3v) is 3.92. The fourth-order valence-corrected chi connectivity index (χ4v) is 2.41. The van der Waals surface area contributed by atoms with Crippen molar-refractivity contribution in [1.82, 2.24) is 10.3 Å². The summed E-state index contributed by atoms with van der Waals surface area (Å²) in [4.78, 5) is 4.36. The zero-order chi connectivity index (χ0) is 14.7. The molecule has 0 atom stereocenters. The quantitative estimate of drug-likeness (QED) is 0.859. The third-order valence-electron chi connectivity index (χ3n) is 3.30. The molecule has 1 fully saturated rings. The highest BCUT2D eigenvalue weighted by Gasteiger charge is 2.20. The molecular weight excluding hydrogens is 332 g/mol. The Hall–Kier alpha value is -1.59. The minimum Gasteiger partial charge on any atom is -0.497 e. The number of hydrogen-bond donors (Lipinski definition) is 1. The molecule has 0 bridgehead atoms. The summed E-state index contributed by atoms with van der Waals surface area (Å²) in [5.41, 5.74) is 0.990. The third kappa shape index (κ3) is 3.95. The van der Waals surface area contributed by atoms with E-state index in [-0.39, 0.29) is 0 Å². The Morgan fingerprint density at radius 3 is 2.81 bits per heavy atom. The molecule has 110 valence electrons. The molecule has 1 aromatic carbocycles. The molecule has 1 heterocycles. The van der Waals surface area contributed by atoms with Gasteiger partial charge in [0.2, 0.25) is 0 Å². The lowest BCUT2D eigenvalue weighted by atomic mass is 10.3. The number of halogens is 1. The Labute approximate surface area is 132 Å². The zero-order valence-electron chi connectivity index (χ0n) is 11.8. The van der Waals surface area contributed by atoms with Gasteiger partial charge in [0.25, 0.3) is 0 Å². The van der Waals surface area contributed by atoms with Crippen molar-refractivity contribution in [2.45, 2.75) is 25.4 Å². The maximum absolute atomic E-state index is 5.90. The van der Waals surface area contributed by atoms with Gasteiger partial charge in [-0.25, -0.2) is 0 Å². The Balaban J connectivity index is 1.70. The molecule has 1 N–H and O–H groups in total. The van der Waals surface area contributed by atoms with E-state index in [9.17, 15) is 0 Å². The van der Waals surface area contributed by atoms with Crippen LogP contribution in [0.2, 0.25) is 0 Å². The first-order valence-electron chi connectivity index (χ1n) is 6.94. The summed E-state index contributed by atoms with van der Waals surface area (Å²) in [5.74, 6) is 2.32. The molecule has 5 heteroatoms. The highest BCUT2D eigenvalue weighted by molar-refractivity contribution is 9.10. The summed E-state index contributed by atoms with van der Waals surface area (Å²) >= 11 is 3.49. The topological polar surface area (TPSA) is 43.4 Å². The first-order valence-corrected chi connectivity index (χ1v) is 7.73. The highest BCUT2D eigenvalue weighted by atomic mass is 79.9. The monoisotopic (exact) mass is 348 g/mol. The summed E-state index contributed by atoms with van der Waals surface area (Å²) in [7, 11) is 1.64. The summed E-state index contributed by atoms with van der Waals surface area (Å²) in [6, 6.07) is 10.1. The minimum atomic E-state index is 0.673. The number of aromatic nitrogens is 1. The number of pyridine rings is 1. The van der Waals surface area contributed by atoms with Crippen LogP contribution < -0.4 is 14.8 Å². The number of nitrogens with one attached hydrogen (secondary N) is 1. The maximum Gasteiger partial charge on any atom is 0.141 e. The van der Waals surface area contributed by atoms with Crippen molar-refractivity contribution >= 4 is 15.9 Å². The van der Waals surface area contributed by atoms with E-state index >= 15 is 0 Å². The molecule has 0 spiro atoms. The second-order valence-corrected chi connectivity index (χ2v) is 5.89. The summed E-state index contributed by atoms with van der Waals surface area (Å²) in [6.07, 6.45) is 4.32. The molecule has 1 aliphatic carbocycles. The molecule has 1 aliphatic rings. The number of benzene rings is 1. The Morgan fingerprint density at radius 2 is 2.10 bits per heavy atom. The lowest BCUT2D eigenvalue weighted by molar-refractivity contribution is 0.412. The van der Waals surface area contributed by atoms with Gasteiger partial charge >= 0.3 is 0 Å². The van der Waals surface area contributed by atoms with Crippen LogP contribution in [0.25, 0.3) is 0 Å². The zero-order valence-corrected chi connectivity index (χ0v) is 13.4. The summed E-state index contributed by atoms with van der Waals surface area (Å²) in [6.45, 7) is 0.783. The number of hydrogen-bond acceptors (Lipinski definition) is 4. The average molecular weight is 349 g/mol. The number of rotatable bonds is 6. The second-order valence-electron chi connectivity index (χ2n) is 5.04. The first-order chi connectivity index (χ1) is 10.2. The minimum absolute atomic E-state index is 0.673. The van der Waals surface area contributed by atoms with Gasteiger partial charge in [0.15, 0.2) is 0 Å². The largest absolute Gasteiger partial charge is 0.497 e. The fourth-order valence-electron chi connectivity index (χ4n) is 1.97. The van der Waals surface area contributed by atoms with Crippen LogP contribution in [0.1, 0.15) is 18.5 Å². The molecule has 1 saturated carbocycles. The second kappa shape index (κ2) is 6.45. The van der Waals surface area contributed by atoms with E-state index < -0.39 is 0 Å². The molecular formula is C16H17BrN2O2. The first kappa shape index (κ1) is 14.4. The molecule has 3 rings (SSSR count). The van der Waals surface area contributed by atoms with Crippen LogP contribution in [0.5, 0.6) is 17.2 Å². The highest BCUT2D eigenvalue weighted by Crippen LogP contribution is 2.32. The van der Waals surface area contributed by atoms with Gasteiger partial charge < -0.3 is 14.8 Å². The Bertz CT molecular complexity index is 629. The Kier molecular flexibility index (Phi) is 4.41. The molecule has 21 heavy (non-hydrogen) atoms. The van der Waals surface area contributed by atoms with E-state index in [2.05, 4.69) is 26.2 Å². The molecule has 1 aromatic heterocycles. The van der Waals surface area contributed by atoms with Gasteiger partial charge in [-0.3, -0.25) is 4.98 Å². The Morgan fingerprint density at radius 1 is 1.24 bits per heavy atom. The van der Waals surface area contributed by atoms with Gasteiger partial charge in [0.05, 0.1) is 17.3 Å². The maximum atomic E-state index is 5.90. The van der Waals surface area contributed by atoms with Gasteiger partial charge in [-0.05, 0) is 53.0 Å². The standard InChI is InChI=1S/C16H17BrN2O2/c1-20-13-4-5-16(15(17)9-13)21-14-6-7-18-12(8-14)10-19-11-2-3-11/h4-9,11,19H,2-3,10H2,1H3. The van der Waals surface area contributed by atoms with Gasteiger partial charge in [0, 0.05) is 24.8 Å². The molecule has 0 saturated heterocycles. The molecule has 0 unspecified atom stereocenters. The van der Waals surface area contributed by atoms with E-state index in [4.69, 9.17) is 9.47 Å². The van der Waals surface area contributed by atoms with Crippen LogP contribution >= 0.6 is 15.9 Å². The lowest BCUT2D eigenvalue weighted by Gasteiger charge is -2.10. The normalized spacial score (nSPS) is 14.0. The fraction of sp³-hybridized carbons (Fsp3) is 0.312. The van der Waals surface area contributed by atoms with Gasteiger partial charge in [-0.1, -0.05) is 0 Å². The van der Waals surface area contributed by atoms with Gasteiger partial charge in [-0.2, -0.15) is 0 Å². The number of ether oxygens (including phenoxy) is 2. The summed E-state index contributed by atoms with van der Waals surface area (Å²) in [5, 5.41) is 3.45. The van der Waals surface area contributed by atoms with E-state index in [1.807, 2.05) is 30.3 Å². The van der Waals surface area contributed by atoms with Crippen molar-refractivity contribution in [2.75, 3.05) is 7.11 Å². The van der Waals surface area contributed by atoms with Crippen molar-refractivity contribution in [3.05, 3.63) is 46.7 Å². The van der Waals surface area contributed by atoms with E-state index in [1.165, 1.54) is 12.8 Å². The predicted octanol–water partition coefficient (Wildman–Crippen LogP) is 3.90. The van der Waals surface area contributed by atoms with Crippen molar-refractivity contribution in [3.63, 3.8) is 0 Å². The molecule has 0 amide bonds. The van der Waals surface area contributed by atoms with E-state index in [1.54, 1.807) is 13.3 Å². The number of nitrogens with zero attached hydrogens (tertiary/aromatic N) is 1. The predicted molar refractivity (Wildman–Crippen MR) is 84.9 cm³/mol. The van der Waals surface area contributed by atoms with Crippen LogP contribution in [0.15, 0.2) is 41.0 Å². The van der Waals surface area contributed by atoms with Crippen molar-refractivity contribution < 1.29 is 9.47 Å².